The van der Waals surface area contributed by atoms with E-state index < -0.39 is 10.1 Å². The van der Waals surface area contributed by atoms with Gasteiger partial charge in [-0.15, -0.1) is 0 Å². The van der Waals surface area contributed by atoms with Crippen LogP contribution in [0.25, 0.3) is 0 Å². The van der Waals surface area contributed by atoms with Gasteiger partial charge < -0.3 is 0 Å². The van der Waals surface area contributed by atoms with Gasteiger partial charge in [0.05, 0.1) is 11.5 Å². The minimum Gasteiger partial charge on any atom is -0.266 e. The molecule has 1 aromatic rings. The molecule has 2 aliphatic rings. The van der Waals surface area contributed by atoms with Crippen LogP contribution in [0.15, 0.2) is 40.8 Å². The van der Waals surface area contributed by atoms with Gasteiger partial charge in [-0.05, 0) is 55.1 Å². The van der Waals surface area contributed by atoms with Gasteiger partial charge in [-0.1, -0.05) is 50.1 Å². The molecule has 0 saturated heterocycles. The van der Waals surface area contributed by atoms with Crippen molar-refractivity contribution in [1.82, 2.24) is 0 Å². The van der Waals surface area contributed by atoms with E-state index in [2.05, 4.69) is 26.8 Å². The van der Waals surface area contributed by atoms with Gasteiger partial charge >= 0.3 is 0 Å². The second-order valence-corrected chi connectivity index (χ2v) is 9.35. The van der Waals surface area contributed by atoms with Gasteiger partial charge in [0.25, 0.3) is 10.1 Å². The lowest BCUT2D eigenvalue weighted by molar-refractivity contribution is 0.164. The van der Waals surface area contributed by atoms with Crippen LogP contribution in [0.4, 0.5) is 0 Å². The molecule has 4 heteroatoms. The molecule has 2 bridgehead atoms. The van der Waals surface area contributed by atoms with E-state index in [1.807, 2.05) is 6.92 Å². The predicted octanol–water partition coefficient (Wildman–Crippen LogP) is 4.47. The summed E-state index contributed by atoms with van der Waals surface area (Å²) in [4.78, 5) is 0.233. The van der Waals surface area contributed by atoms with E-state index in [0.29, 0.717) is 12.3 Å². The molecule has 0 heterocycles. The lowest BCUT2D eigenvalue weighted by Crippen LogP contribution is -2.30. The zero-order valence-electron chi connectivity index (χ0n) is 14.4. The van der Waals surface area contributed by atoms with Crippen LogP contribution in [0.5, 0.6) is 0 Å². The zero-order valence-corrected chi connectivity index (χ0v) is 15.2. The minimum atomic E-state index is -3.66. The van der Waals surface area contributed by atoms with Crippen LogP contribution in [-0.4, -0.2) is 15.0 Å². The van der Waals surface area contributed by atoms with Gasteiger partial charge in [0.15, 0.2) is 0 Å². The molecule has 3 rings (SSSR count). The first-order chi connectivity index (χ1) is 10.7. The Balaban J connectivity index is 1.65. The Morgan fingerprint density at radius 2 is 1.83 bits per heavy atom. The summed E-state index contributed by atoms with van der Waals surface area (Å²) in [5, 5.41) is 0. The van der Waals surface area contributed by atoms with E-state index in [0.717, 1.165) is 5.56 Å². The summed E-state index contributed by atoms with van der Waals surface area (Å²) < 4.78 is 29.8. The van der Waals surface area contributed by atoms with Gasteiger partial charge in [0.1, 0.15) is 0 Å². The van der Waals surface area contributed by atoms with E-state index in [-0.39, 0.29) is 22.3 Å². The van der Waals surface area contributed by atoms with Crippen LogP contribution >= 0.6 is 0 Å². The van der Waals surface area contributed by atoms with Gasteiger partial charge in [-0.3, -0.25) is 4.18 Å². The van der Waals surface area contributed by atoms with Crippen LogP contribution in [-0.2, 0) is 14.3 Å². The number of rotatable bonds is 5. The summed E-state index contributed by atoms with van der Waals surface area (Å²) in [7, 11) is -3.66. The highest BCUT2D eigenvalue weighted by molar-refractivity contribution is 7.86. The highest BCUT2D eigenvalue weighted by Crippen LogP contribution is 2.65. The third-order valence-corrected chi connectivity index (χ3v) is 7.66. The lowest BCUT2D eigenvalue weighted by Gasteiger charge is -2.37. The Bertz CT molecular complexity index is 728. The summed E-state index contributed by atoms with van der Waals surface area (Å²) in [6, 6.07) is 6.79. The molecule has 0 aliphatic heterocycles. The van der Waals surface area contributed by atoms with Crippen molar-refractivity contribution in [3.05, 3.63) is 41.5 Å². The van der Waals surface area contributed by atoms with Crippen molar-refractivity contribution in [2.24, 2.45) is 16.7 Å². The molecule has 23 heavy (non-hydrogen) atoms. The number of hydrogen-bond acceptors (Lipinski definition) is 3. The molecule has 126 valence electrons. The second-order valence-electron chi connectivity index (χ2n) is 7.73. The number of allylic oxidation sites excluding steroid dienone is 1. The van der Waals surface area contributed by atoms with Crippen molar-refractivity contribution in [3.63, 3.8) is 0 Å². The predicted molar refractivity (Wildman–Crippen MR) is 91.6 cm³/mol. The van der Waals surface area contributed by atoms with Crippen molar-refractivity contribution < 1.29 is 12.6 Å². The summed E-state index contributed by atoms with van der Waals surface area (Å²) in [6.07, 6.45) is 5.50. The van der Waals surface area contributed by atoms with Crippen LogP contribution in [0.2, 0.25) is 0 Å². The number of hydrogen-bond donors (Lipinski definition) is 0. The van der Waals surface area contributed by atoms with Crippen LogP contribution in [0.1, 0.15) is 45.6 Å². The Morgan fingerprint density at radius 3 is 2.35 bits per heavy atom. The maximum Gasteiger partial charge on any atom is 0.296 e. The Kier molecular flexibility index (Phi) is 3.96. The normalized spacial score (nSPS) is 28.9. The summed E-state index contributed by atoms with van der Waals surface area (Å²) in [6.45, 7) is 9.14. The summed E-state index contributed by atoms with van der Waals surface area (Å²) >= 11 is 0. The highest BCUT2D eigenvalue weighted by Gasteiger charge is 2.56. The fourth-order valence-electron chi connectivity index (χ4n) is 4.22. The number of benzene rings is 1. The van der Waals surface area contributed by atoms with Gasteiger partial charge in [0.2, 0.25) is 0 Å². The van der Waals surface area contributed by atoms with Crippen LogP contribution < -0.4 is 0 Å². The smallest absolute Gasteiger partial charge is 0.266 e. The molecular formula is C19H26O3S. The first kappa shape index (κ1) is 16.7. The monoisotopic (exact) mass is 334 g/mol. The standard InChI is InChI=1S/C19H26O3S/c1-14-5-7-17(8-6-14)23(20,21)22-12-10-16-13-15-9-11-19(16,4)18(15,2)3/h5-8,13,15H,9-12H2,1-4H3/t15-,19-/m1/s1. The number of fused-ring (bicyclic) bond motifs is 2. The molecule has 0 radical (unpaired) electrons. The van der Waals surface area contributed by atoms with E-state index in [1.165, 1.54) is 18.4 Å². The largest absolute Gasteiger partial charge is 0.296 e. The molecule has 2 atom stereocenters. The Hall–Kier alpha value is -1.13. The van der Waals surface area contributed by atoms with Crippen molar-refractivity contribution in [2.75, 3.05) is 6.61 Å². The molecule has 1 saturated carbocycles. The first-order valence-corrected chi connectivity index (χ1v) is 9.75. The van der Waals surface area contributed by atoms with Gasteiger partial charge in [-0.25, -0.2) is 0 Å². The molecule has 0 amide bonds. The van der Waals surface area contributed by atoms with Crippen molar-refractivity contribution in [3.8, 4) is 0 Å². The molecule has 0 spiro atoms. The van der Waals surface area contributed by atoms with E-state index in [4.69, 9.17) is 4.18 Å². The zero-order chi connectivity index (χ0) is 16.9. The Morgan fingerprint density at radius 1 is 1.17 bits per heavy atom. The first-order valence-electron chi connectivity index (χ1n) is 8.34. The average Bonchev–Trinajstić information content (AvgIpc) is 2.81. The van der Waals surface area contributed by atoms with E-state index in [1.54, 1.807) is 24.3 Å². The van der Waals surface area contributed by atoms with Gasteiger partial charge in [0, 0.05) is 0 Å². The third kappa shape index (κ3) is 2.66. The molecule has 1 fully saturated rings. The molecule has 1 aromatic carbocycles. The van der Waals surface area contributed by atoms with E-state index >= 15 is 0 Å². The highest BCUT2D eigenvalue weighted by atomic mass is 32.2. The summed E-state index contributed by atoms with van der Waals surface area (Å²) in [5.41, 5.74) is 2.87. The number of aryl methyl sites for hydroxylation is 1. The second kappa shape index (κ2) is 5.45. The fraction of sp³-hybridized carbons (Fsp3) is 0.579. The quantitative estimate of drug-likeness (QED) is 0.589. The topological polar surface area (TPSA) is 43.4 Å². The minimum absolute atomic E-state index is 0.189. The molecular weight excluding hydrogens is 308 g/mol. The van der Waals surface area contributed by atoms with Crippen LogP contribution in [0, 0.1) is 23.7 Å². The van der Waals surface area contributed by atoms with E-state index in [9.17, 15) is 8.42 Å². The molecule has 3 nitrogen and oxygen atoms in total. The molecule has 0 unspecified atom stereocenters. The molecule has 2 aliphatic carbocycles. The van der Waals surface area contributed by atoms with Crippen molar-refractivity contribution in [1.29, 1.82) is 0 Å². The van der Waals surface area contributed by atoms with Crippen molar-refractivity contribution >= 4 is 10.1 Å². The fourth-order valence-corrected chi connectivity index (χ4v) is 5.13. The Labute approximate surface area is 139 Å². The van der Waals surface area contributed by atoms with Crippen molar-refractivity contribution in [2.45, 2.75) is 51.9 Å². The molecule has 0 N–H and O–H groups in total. The maximum absolute atomic E-state index is 12.2. The maximum atomic E-state index is 12.2. The van der Waals surface area contributed by atoms with Crippen LogP contribution in [0.3, 0.4) is 0 Å². The third-order valence-electron chi connectivity index (χ3n) is 6.34. The molecule has 0 aromatic heterocycles. The summed E-state index contributed by atoms with van der Waals surface area (Å²) in [5.74, 6) is 0.621. The lowest BCUT2D eigenvalue weighted by atomic mass is 9.67. The average molecular weight is 334 g/mol. The SMILES string of the molecule is Cc1ccc(S(=O)(=O)OCCC2=C[C@H]3CC[C@@]2(C)C3(C)C)cc1. The van der Waals surface area contributed by atoms with Gasteiger partial charge in [-0.2, -0.15) is 8.42 Å².